The number of anilines is 2. The summed E-state index contributed by atoms with van der Waals surface area (Å²) >= 11 is 0. The summed E-state index contributed by atoms with van der Waals surface area (Å²) in [6, 6.07) is 26.7. The van der Waals surface area contributed by atoms with E-state index < -0.39 is 0 Å². The van der Waals surface area contributed by atoms with Gasteiger partial charge in [-0.2, -0.15) is 0 Å². The molecule has 0 radical (unpaired) electrons. The first-order valence-electron chi connectivity index (χ1n) is 7.16. The molecule has 0 saturated carbocycles. The highest BCUT2D eigenvalue weighted by Gasteiger charge is 2.04. The van der Waals surface area contributed by atoms with Crippen LogP contribution >= 0.6 is 0 Å². The van der Waals surface area contributed by atoms with E-state index in [1.54, 1.807) is 12.1 Å². The van der Waals surface area contributed by atoms with Crippen molar-refractivity contribution in [1.82, 2.24) is 0 Å². The molecular weight excluding hydrogens is 273 g/mol. The Labute approximate surface area is 130 Å². The molecule has 0 amide bonds. The van der Waals surface area contributed by atoms with E-state index in [-0.39, 0.29) is 5.82 Å². The number of benzene rings is 3. The van der Waals surface area contributed by atoms with Crippen LogP contribution in [0.3, 0.4) is 0 Å². The Balaban J connectivity index is 1.94. The molecule has 0 aliphatic carbocycles. The fourth-order valence-corrected chi connectivity index (χ4v) is 2.23. The maximum absolute atomic E-state index is 13.0. The molecule has 0 aliphatic heterocycles. The van der Waals surface area contributed by atoms with E-state index in [2.05, 4.69) is 29.2 Å². The lowest BCUT2D eigenvalue weighted by Gasteiger charge is -2.20. The second-order valence-electron chi connectivity index (χ2n) is 4.91. The molecule has 1 nitrogen and oxygen atoms in total. The third-order valence-electron chi connectivity index (χ3n) is 3.35. The van der Waals surface area contributed by atoms with Crippen molar-refractivity contribution >= 4 is 17.5 Å². The van der Waals surface area contributed by atoms with Gasteiger partial charge in [0, 0.05) is 17.6 Å². The number of halogens is 1. The Morgan fingerprint density at radius 1 is 0.636 bits per heavy atom. The Kier molecular flexibility index (Phi) is 4.30. The van der Waals surface area contributed by atoms with Crippen molar-refractivity contribution in [2.45, 2.75) is 0 Å². The first-order valence-corrected chi connectivity index (χ1v) is 7.16. The number of hydrogen-bond donors (Lipinski definition) is 0. The van der Waals surface area contributed by atoms with Gasteiger partial charge in [-0.05, 0) is 48.0 Å². The Hall–Kier alpha value is -2.87. The van der Waals surface area contributed by atoms with E-state index in [0.717, 1.165) is 16.9 Å². The van der Waals surface area contributed by atoms with Crippen LogP contribution in [-0.4, -0.2) is 0 Å². The van der Waals surface area contributed by atoms with E-state index in [1.165, 1.54) is 12.1 Å². The molecule has 3 rings (SSSR count). The molecule has 0 aromatic heterocycles. The van der Waals surface area contributed by atoms with Gasteiger partial charge in [-0.3, -0.25) is 0 Å². The molecule has 0 unspecified atom stereocenters. The molecule has 0 saturated heterocycles. The van der Waals surface area contributed by atoms with Gasteiger partial charge in [0.2, 0.25) is 0 Å². The molecule has 0 heterocycles. The molecule has 0 aliphatic rings. The van der Waals surface area contributed by atoms with Crippen molar-refractivity contribution in [2.75, 3.05) is 4.90 Å². The molecule has 22 heavy (non-hydrogen) atoms. The summed E-state index contributed by atoms with van der Waals surface area (Å²) in [4.78, 5) is 2.10. The minimum atomic E-state index is -0.222. The van der Waals surface area contributed by atoms with Gasteiger partial charge in [-0.25, -0.2) is 4.39 Å². The quantitative estimate of drug-likeness (QED) is 0.601. The molecule has 108 valence electrons. The van der Waals surface area contributed by atoms with Gasteiger partial charge in [0.25, 0.3) is 0 Å². The fraction of sp³-hybridized carbons (Fsp3) is 0. The predicted octanol–water partition coefficient (Wildman–Crippen LogP) is 5.63. The van der Waals surface area contributed by atoms with E-state index in [9.17, 15) is 4.39 Å². The summed E-state index contributed by atoms with van der Waals surface area (Å²) in [5.74, 6) is -0.222. The molecule has 0 bridgehead atoms. The van der Waals surface area contributed by atoms with Crippen molar-refractivity contribution in [1.29, 1.82) is 0 Å². The lowest BCUT2D eigenvalue weighted by Crippen LogP contribution is -2.07. The predicted molar refractivity (Wildman–Crippen MR) is 90.5 cm³/mol. The first-order chi connectivity index (χ1) is 10.8. The van der Waals surface area contributed by atoms with Crippen LogP contribution in [0.5, 0.6) is 0 Å². The van der Waals surface area contributed by atoms with Crippen LogP contribution in [0.1, 0.15) is 5.56 Å². The maximum Gasteiger partial charge on any atom is 0.123 e. The van der Waals surface area contributed by atoms with Crippen molar-refractivity contribution in [3.8, 4) is 0 Å². The molecule has 2 heteroatoms. The molecule has 3 aromatic carbocycles. The van der Waals surface area contributed by atoms with Crippen LogP contribution in [0.25, 0.3) is 6.08 Å². The second kappa shape index (κ2) is 6.72. The van der Waals surface area contributed by atoms with Gasteiger partial charge in [0.05, 0.1) is 0 Å². The summed E-state index contributed by atoms with van der Waals surface area (Å²) in [7, 11) is 0. The second-order valence-corrected chi connectivity index (χ2v) is 4.91. The summed E-state index contributed by atoms with van der Waals surface area (Å²) in [5.41, 5.74) is 3.11. The molecule has 0 atom stereocenters. The number of hydrogen-bond acceptors (Lipinski definition) is 1. The van der Waals surface area contributed by atoms with Crippen molar-refractivity contribution in [2.24, 2.45) is 0 Å². The van der Waals surface area contributed by atoms with Gasteiger partial charge in [-0.15, -0.1) is 0 Å². The smallest absolute Gasteiger partial charge is 0.123 e. The minimum Gasteiger partial charge on any atom is -0.317 e. The fourth-order valence-electron chi connectivity index (χ4n) is 2.23. The lowest BCUT2D eigenvalue weighted by atomic mass is 10.2. The van der Waals surface area contributed by atoms with Gasteiger partial charge in [-0.1, -0.05) is 48.5 Å². The highest BCUT2D eigenvalue weighted by Crippen LogP contribution is 2.25. The average molecular weight is 289 g/mol. The van der Waals surface area contributed by atoms with Crippen molar-refractivity contribution in [3.05, 3.63) is 103 Å². The van der Waals surface area contributed by atoms with Crippen LogP contribution in [-0.2, 0) is 0 Å². The SMILES string of the molecule is Fc1ccc(C=CN(c2ccccc2)c2ccccc2)cc1. The first kappa shape index (κ1) is 14.1. The third kappa shape index (κ3) is 3.41. The van der Waals surface area contributed by atoms with E-state index >= 15 is 0 Å². The van der Waals surface area contributed by atoms with Crippen LogP contribution < -0.4 is 4.90 Å². The summed E-state index contributed by atoms with van der Waals surface area (Å²) < 4.78 is 13.0. The van der Waals surface area contributed by atoms with Crippen LogP contribution in [0.4, 0.5) is 15.8 Å². The van der Waals surface area contributed by atoms with E-state index in [1.807, 2.05) is 48.7 Å². The molecule has 3 aromatic rings. The van der Waals surface area contributed by atoms with Crippen molar-refractivity contribution < 1.29 is 4.39 Å². The normalized spacial score (nSPS) is 10.8. The standard InChI is InChI=1S/C20H16FN/c21-18-13-11-17(12-14-18)15-16-22(19-7-3-1-4-8-19)20-9-5-2-6-10-20/h1-16H. The van der Waals surface area contributed by atoms with Crippen LogP contribution in [0.15, 0.2) is 91.1 Å². The number of para-hydroxylation sites is 2. The van der Waals surface area contributed by atoms with E-state index in [4.69, 9.17) is 0 Å². The largest absolute Gasteiger partial charge is 0.317 e. The zero-order chi connectivity index (χ0) is 15.2. The number of rotatable bonds is 4. The Morgan fingerprint density at radius 3 is 1.64 bits per heavy atom. The van der Waals surface area contributed by atoms with Gasteiger partial charge >= 0.3 is 0 Å². The topological polar surface area (TPSA) is 3.24 Å². The van der Waals surface area contributed by atoms with Crippen molar-refractivity contribution in [3.63, 3.8) is 0 Å². The summed E-state index contributed by atoms with van der Waals surface area (Å²) in [6.07, 6.45) is 3.97. The number of nitrogens with zero attached hydrogens (tertiary/aromatic N) is 1. The monoisotopic (exact) mass is 289 g/mol. The zero-order valence-corrected chi connectivity index (χ0v) is 12.1. The Bertz CT molecular complexity index is 694. The minimum absolute atomic E-state index is 0.222. The lowest BCUT2D eigenvalue weighted by molar-refractivity contribution is 0.628. The molecule has 0 fully saturated rings. The van der Waals surface area contributed by atoms with Crippen LogP contribution in [0.2, 0.25) is 0 Å². The van der Waals surface area contributed by atoms with Gasteiger partial charge in [0.1, 0.15) is 5.82 Å². The van der Waals surface area contributed by atoms with Gasteiger partial charge in [0.15, 0.2) is 0 Å². The summed E-state index contributed by atoms with van der Waals surface area (Å²) in [6.45, 7) is 0. The van der Waals surface area contributed by atoms with Gasteiger partial charge < -0.3 is 4.90 Å². The Morgan fingerprint density at radius 2 is 1.14 bits per heavy atom. The maximum atomic E-state index is 13.0. The average Bonchev–Trinajstić information content (AvgIpc) is 2.59. The molecule has 0 spiro atoms. The highest BCUT2D eigenvalue weighted by molar-refractivity contribution is 5.69. The highest BCUT2D eigenvalue weighted by atomic mass is 19.1. The summed E-state index contributed by atoms with van der Waals surface area (Å²) in [5, 5.41) is 0. The zero-order valence-electron chi connectivity index (χ0n) is 12.1. The molecular formula is C20H16FN. The van der Waals surface area contributed by atoms with Crippen LogP contribution in [0, 0.1) is 5.82 Å². The third-order valence-corrected chi connectivity index (χ3v) is 3.35. The van der Waals surface area contributed by atoms with E-state index in [0.29, 0.717) is 0 Å². The molecule has 0 N–H and O–H groups in total.